The quantitative estimate of drug-likeness (QED) is 0.653. The predicted molar refractivity (Wildman–Crippen MR) is 66.8 cm³/mol. The highest BCUT2D eigenvalue weighted by Gasteiger charge is 2.36. The molecule has 0 fully saturated rings. The van der Waals surface area contributed by atoms with Crippen LogP contribution in [0.4, 0.5) is 0 Å². The van der Waals surface area contributed by atoms with Gasteiger partial charge in [-0.2, -0.15) is 0 Å². The molecule has 0 radical (unpaired) electrons. The van der Waals surface area contributed by atoms with Gasteiger partial charge >= 0.3 is 11.9 Å². The lowest BCUT2D eigenvalue weighted by molar-refractivity contribution is -0.148. The number of carboxylic acids is 1. The fourth-order valence-electron chi connectivity index (χ4n) is 1.49. The molecular weight excluding hydrogens is 234 g/mol. The van der Waals surface area contributed by atoms with E-state index in [4.69, 9.17) is 0 Å². The number of nitrogens with zero attached hydrogens (tertiary/aromatic N) is 1. The molecule has 0 saturated carbocycles. The van der Waals surface area contributed by atoms with E-state index in [1.165, 1.54) is 21.0 Å². The lowest BCUT2D eigenvalue weighted by atomic mass is 9.83. The van der Waals surface area contributed by atoms with Crippen molar-refractivity contribution in [1.29, 1.82) is 0 Å². The number of hydrogen-bond acceptors (Lipinski definition) is 3. The zero-order valence-electron chi connectivity index (χ0n) is 10.9. The van der Waals surface area contributed by atoms with Crippen LogP contribution in [-0.4, -0.2) is 28.7 Å². The molecule has 0 saturated heterocycles. The molecule has 0 spiro atoms. The lowest BCUT2D eigenvalue weighted by Crippen LogP contribution is -2.30. The van der Waals surface area contributed by atoms with E-state index in [2.05, 4.69) is 4.74 Å². The van der Waals surface area contributed by atoms with Gasteiger partial charge < -0.3 is 14.4 Å². The van der Waals surface area contributed by atoms with Gasteiger partial charge in [0.25, 0.3) is 0 Å². The Bertz CT molecular complexity index is 497. The van der Waals surface area contributed by atoms with E-state index in [1.807, 2.05) is 19.3 Å². The summed E-state index contributed by atoms with van der Waals surface area (Å²) in [6.07, 6.45) is 3.36. The van der Waals surface area contributed by atoms with Crippen molar-refractivity contribution in [1.82, 2.24) is 4.57 Å². The summed E-state index contributed by atoms with van der Waals surface area (Å²) in [5, 5.41) is 9.20. The molecule has 1 N–H and O–H groups in total. The highest BCUT2D eigenvalue weighted by molar-refractivity contribution is 6.01. The van der Waals surface area contributed by atoms with Gasteiger partial charge in [-0.1, -0.05) is 0 Å². The second kappa shape index (κ2) is 5.08. The number of aryl methyl sites for hydroxylation is 1. The Morgan fingerprint density at radius 3 is 2.44 bits per heavy atom. The molecular formula is C13H17NO4. The van der Waals surface area contributed by atoms with E-state index in [0.29, 0.717) is 0 Å². The van der Waals surface area contributed by atoms with Gasteiger partial charge in [0.15, 0.2) is 0 Å². The van der Waals surface area contributed by atoms with E-state index in [-0.39, 0.29) is 5.57 Å². The molecule has 0 aliphatic heterocycles. The van der Waals surface area contributed by atoms with E-state index in [1.54, 1.807) is 16.7 Å². The highest BCUT2D eigenvalue weighted by atomic mass is 16.5. The third-order valence-electron chi connectivity index (χ3n) is 2.89. The van der Waals surface area contributed by atoms with E-state index in [9.17, 15) is 14.7 Å². The van der Waals surface area contributed by atoms with Gasteiger partial charge in [0, 0.05) is 18.9 Å². The minimum atomic E-state index is -1.31. The van der Waals surface area contributed by atoms with Gasteiger partial charge in [0.2, 0.25) is 0 Å². The van der Waals surface area contributed by atoms with Crippen molar-refractivity contribution in [3.63, 3.8) is 0 Å². The fraction of sp³-hybridized carbons (Fsp3) is 0.385. The maximum absolute atomic E-state index is 11.7. The molecule has 1 aromatic heterocycles. The maximum Gasteiger partial charge on any atom is 0.334 e. The summed E-state index contributed by atoms with van der Waals surface area (Å²) < 4.78 is 6.45. The number of carbonyl (C=O) groups excluding carboxylic acids is 1. The molecule has 1 rings (SSSR count). The molecule has 18 heavy (non-hydrogen) atoms. The smallest absolute Gasteiger partial charge is 0.334 e. The summed E-state index contributed by atoms with van der Waals surface area (Å²) in [6, 6.07) is 3.61. The number of hydrogen-bond donors (Lipinski definition) is 1. The topological polar surface area (TPSA) is 68.5 Å². The van der Waals surface area contributed by atoms with Crippen LogP contribution in [0.3, 0.4) is 0 Å². The van der Waals surface area contributed by atoms with Crippen molar-refractivity contribution in [2.75, 3.05) is 7.11 Å². The van der Waals surface area contributed by atoms with Crippen LogP contribution in [0.25, 0.3) is 6.08 Å². The first-order valence-corrected chi connectivity index (χ1v) is 5.46. The molecule has 0 aromatic carbocycles. The van der Waals surface area contributed by atoms with Crippen LogP contribution < -0.4 is 0 Å². The number of rotatable bonds is 4. The third kappa shape index (κ3) is 2.61. The summed E-state index contributed by atoms with van der Waals surface area (Å²) in [5.74, 6) is -1.71. The monoisotopic (exact) mass is 251 g/mol. The van der Waals surface area contributed by atoms with Crippen LogP contribution in [-0.2, 0) is 21.4 Å². The van der Waals surface area contributed by atoms with Crippen LogP contribution >= 0.6 is 0 Å². The van der Waals surface area contributed by atoms with Crippen molar-refractivity contribution in [2.24, 2.45) is 12.5 Å². The van der Waals surface area contributed by atoms with Gasteiger partial charge in [-0.05, 0) is 32.1 Å². The first-order chi connectivity index (χ1) is 8.30. The largest absolute Gasteiger partial charge is 0.481 e. The first-order valence-electron chi connectivity index (χ1n) is 5.46. The minimum Gasteiger partial charge on any atom is -0.481 e. The Labute approximate surface area is 106 Å². The third-order valence-corrected chi connectivity index (χ3v) is 2.89. The average Bonchev–Trinajstić information content (AvgIpc) is 2.70. The van der Waals surface area contributed by atoms with Crippen molar-refractivity contribution in [2.45, 2.75) is 13.8 Å². The number of ether oxygens (including phenoxy) is 1. The number of aliphatic carboxylic acids is 1. The van der Waals surface area contributed by atoms with Gasteiger partial charge in [-0.25, -0.2) is 4.79 Å². The number of carbonyl (C=O) groups is 2. The van der Waals surface area contributed by atoms with Crippen molar-refractivity contribution < 1.29 is 19.4 Å². The van der Waals surface area contributed by atoms with E-state index in [0.717, 1.165) is 5.69 Å². The summed E-state index contributed by atoms with van der Waals surface area (Å²) in [7, 11) is 3.05. The Morgan fingerprint density at radius 1 is 1.44 bits per heavy atom. The van der Waals surface area contributed by atoms with Crippen molar-refractivity contribution in [3.8, 4) is 0 Å². The van der Waals surface area contributed by atoms with Gasteiger partial charge in [-0.3, -0.25) is 4.79 Å². The van der Waals surface area contributed by atoms with Crippen LogP contribution in [0.2, 0.25) is 0 Å². The second-order valence-corrected chi connectivity index (χ2v) is 4.52. The van der Waals surface area contributed by atoms with E-state index >= 15 is 0 Å². The fourth-order valence-corrected chi connectivity index (χ4v) is 1.49. The zero-order chi connectivity index (χ0) is 13.9. The average molecular weight is 251 g/mol. The second-order valence-electron chi connectivity index (χ2n) is 4.52. The molecule has 0 amide bonds. The molecule has 98 valence electrons. The van der Waals surface area contributed by atoms with Crippen LogP contribution in [0.1, 0.15) is 19.5 Å². The summed E-state index contributed by atoms with van der Waals surface area (Å²) in [4.78, 5) is 23.0. The van der Waals surface area contributed by atoms with Crippen LogP contribution in [0, 0.1) is 5.41 Å². The number of esters is 1. The molecule has 5 heteroatoms. The molecule has 0 unspecified atom stereocenters. The highest BCUT2D eigenvalue weighted by Crippen LogP contribution is 2.29. The summed E-state index contributed by atoms with van der Waals surface area (Å²) >= 11 is 0. The van der Waals surface area contributed by atoms with Crippen molar-refractivity contribution in [3.05, 3.63) is 29.6 Å². The van der Waals surface area contributed by atoms with E-state index < -0.39 is 17.4 Å². The Kier molecular flexibility index (Phi) is 3.96. The van der Waals surface area contributed by atoms with Crippen molar-refractivity contribution >= 4 is 18.0 Å². The molecule has 1 heterocycles. The zero-order valence-corrected chi connectivity index (χ0v) is 10.9. The number of carboxylic acid groups (broad SMARTS) is 1. The number of methoxy groups -OCH3 is 1. The summed E-state index contributed by atoms with van der Waals surface area (Å²) in [5.41, 5.74) is -0.457. The molecule has 0 bridgehead atoms. The Hall–Kier alpha value is -2.04. The maximum atomic E-state index is 11.7. The first kappa shape index (κ1) is 14.0. The SMILES string of the molecule is COC(=O)/C(=C/c1cccn1C)C(C)(C)C(=O)O. The molecule has 5 nitrogen and oxygen atoms in total. The minimum absolute atomic E-state index is 0.110. The molecule has 0 atom stereocenters. The predicted octanol–water partition coefficient (Wildman–Crippen LogP) is 1.69. The number of aromatic nitrogens is 1. The van der Waals surface area contributed by atoms with Gasteiger partial charge in [0.05, 0.1) is 18.1 Å². The lowest BCUT2D eigenvalue weighted by Gasteiger charge is -2.21. The Balaban J connectivity index is 3.31. The summed E-state index contributed by atoms with van der Waals surface area (Å²) in [6.45, 7) is 2.95. The standard InChI is InChI=1S/C13H17NO4/c1-13(2,12(16)17)10(11(15)18-4)8-9-6-5-7-14(9)3/h5-8H,1-4H3,(H,16,17)/b10-8-. The normalized spacial score (nSPS) is 12.3. The van der Waals surface area contributed by atoms with Gasteiger partial charge in [0.1, 0.15) is 0 Å². The Morgan fingerprint density at radius 2 is 2.06 bits per heavy atom. The van der Waals surface area contributed by atoms with Crippen LogP contribution in [0.15, 0.2) is 23.9 Å². The van der Waals surface area contributed by atoms with Gasteiger partial charge in [-0.15, -0.1) is 0 Å². The molecule has 0 aliphatic carbocycles. The van der Waals surface area contributed by atoms with Crippen LogP contribution in [0.5, 0.6) is 0 Å². The molecule has 0 aliphatic rings. The molecule has 1 aromatic rings.